The number of hydrogen-bond acceptors (Lipinski definition) is 3. The van der Waals surface area contributed by atoms with Gasteiger partial charge in [-0.15, -0.1) is 0 Å². The van der Waals surface area contributed by atoms with Crippen LogP contribution in [0.25, 0.3) is 0 Å². The predicted molar refractivity (Wildman–Crippen MR) is 51.2 cm³/mol. The lowest BCUT2D eigenvalue weighted by molar-refractivity contribution is 0.217. The number of amides is 2. The van der Waals surface area contributed by atoms with E-state index in [-0.39, 0.29) is 6.03 Å². The van der Waals surface area contributed by atoms with Crippen LogP contribution in [-0.2, 0) is 0 Å². The second-order valence-corrected chi connectivity index (χ2v) is 3.37. The summed E-state index contributed by atoms with van der Waals surface area (Å²) in [7, 11) is 0. The highest BCUT2D eigenvalue weighted by Gasteiger charge is 2.23. The van der Waals surface area contributed by atoms with E-state index in [1.165, 1.54) is 0 Å². The first kappa shape index (κ1) is 10.3. The van der Waals surface area contributed by atoms with Crippen LogP contribution in [0, 0.1) is 0 Å². The molecule has 0 aromatic heterocycles. The van der Waals surface area contributed by atoms with Crippen LogP contribution in [-0.4, -0.2) is 43.2 Å². The molecule has 1 heterocycles. The van der Waals surface area contributed by atoms with Gasteiger partial charge in [-0.25, -0.2) is 4.79 Å². The maximum atomic E-state index is 10.8. The first-order chi connectivity index (χ1) is 6.24. The highest BCUT2D eigenvalue weighted by atomic mass is 16.2. The van der Waals surface area contributed by atoms with Crippen molar-refractivity contribution >= 4 is 6.03 Å². The minimum Gasteiger partial charge on any atom is -0.351 e. The fraction of sp³-hybridized carbons (Fsp3) is 0.875. The third kappa shape index (κ3) is 3.20. The van der Waals surface area contributed by atoms with Crippen LogP contribution in [0.3, 0.4) is 0 Å². The van der Waals surface area contributed by atoms with Gasteiger partial charge in [0.15, 0.2) is 0 Å². The second-order valence-electron chi connectivity index (χ2n) is 3.37. The van der Waals surface area contributed by atoms with Crippen molar-refractivity contribution in [3.8, 4) is 0 Å². The Balaban J connectivity index is 2.14. The van der Waals surface area contributed by atoms with E-state index in [4.69, 9.17) is 11.5 Å². The molecule has 0 aromatic carbocycles. The smallest absolute Gasteiger partial charge is 0.314 e. The first-order valence-corrected chi connectivity index (χ1v) is 4.72. The summed E-state index contributed by atoms with van der Waals surface area (Å²) < 4.78 is 0. The third-order valence-electron chi connectivity index (χ3n) is 2.31. The minimum absolute atomic E-state index is 0.317. The molecule has 0 aliphatic carbocycles. The quantitative estimate of drug-likeness (QED) is 0.496. The number of rotatable bonds is 4. The van der Waals surface area contributed by atoms with Crippen molar-refractivity contribution in [2.45, 2.75) is 18.9 Å². The molecule has 1 fully saturated rings. The van der Waals surface area contributed by atoms with Crippen molar-refractivity contribution in [3.63, 3.8) is 0 Å². The normalized spacial score (nSPS) is 22.2. The summed E-state index contributed by atoms with van der Waals surface area (Å²) in [6, 6.07) is 0.0853. The van der Waals surface area contributed by atoms with Crippen molar-refractivity contribution in [3.05, 3.63) is 0 Å². The molecule has 5 N–H and O–H groups in total. The Morgan fingerprint density at radius 1 is 1.62 bits per heavy atom. The Hall–Kier alpha value is -0.810. The van der Waals surface area contributed by atoms with Crippen LogP contribution in [0.15, 0.2) is 0 Å². The molecule has 0 saturated carbocycles. The predicted octanol–water partition coefficient (Wildman–Crippen LogP) is -0.922. The Labute approximate surface area is 78.4 Å². The zero-order valence-corrected chi connectivity index (χ0v) is 7.83. The van der Waals surface area contributed by atoms with Crippen molar-refractivity contribution in [1.82, 2.24) is 10.2 Å². The second kappa shape index (κ2) is 5.04. The summed E-state index contributed by atoms with van der Waals surface area (Å²) in [5, 5.41) is 3.34. The van der Waals surface area contributed by atoms with Gasteiger partial charge < -0.3 is 21.7 Å². The molecule has 0 bridgehead atoms. The summed E-state index contributed by atoms with van der Waals surface area (Å²) >= 11 is 0. The molecule has 5 nitrogen and oxygen atoms in total. The molecular formula is C8H18N4O. The Morgan fingerprint density at radius 2 is 2.38 bits per heavy atom. The van der Waals surface area contributed by atoms with Gasteiger partial charge in [0.25, 0.3) is 0 Å². The molecule has 0 spiro atoms. The first-order valence-electron chi connectivity index (χ1n) is 4.72. The van der Waals surface area contributed by atoms with Gasteiger partial charge in [-0.2, -0.15) is 0 Å². The average molecular weight is 186 g/mol. The van der Waals surface area contributed by atoms with Crippen LogP contribution >= 0.6 is 0 Å². The molecule has 1 rings (SSSR count). The fourth-order valence-corrected chi connectivity index (χ4v) is 1.54. The van der Waals surface area contributed by atoms with E-state index in [0.29, 0.717) is 12.6 Å². The van der Waals surface area contributed by atoms with Crippen LogP contribution in [0.2, 0.25) is 0 Å². The molecule has 1 aliphatic rings. The third-order valence-corrected chi connectivity index (χ3v) is 2.31. The summed E-state index contributed by atoms with van der Waals surface area (Å²) in [6.07, 6.45) is 1.97. The monoisotopic (exact) mass is 186 g/mol. The highest BCUT2D eigenvalue weighted by Crippen LogP contribution is 2.07. The van der Waals surface area contributed by atoms with Gasteiger partial charge in [-0.05, 0) is 25.9 Å². The number of carbonyl (C=O) groups excluding carboxylic acids is 1. The van der Waals surface area contributed by atoms with E-state index in [0.717, 1.165) is 32.5 Å². The van der Waals surface area contributed by atoms with Gasteiger partial charge in [0.2, 0.25) is 0 Å². The molecule has 1 aliphatic heterocycles. The van der Waals surface area contributed by atoms with Gasteiger partial charge in [0.1, 0.15) is 0 Å². The van der Waals surface area contributed by atoms with Gasteiger partial charge in [-0.1, -0.05) is 0 Å². The van der Waals surface area contributed by atoms with E-state index in [2.05, 4.69) is 5.32 Å². The lowest BCUT2D eigenvalue weighted by Gasteiger charge is -2.14. The molecule has 1 saturated heterocycles. The van der Waals surface area contributed by atoms with E-state index in [9.17, 15) is 4.79 Å². The molecule has 1 unspecified atom stereocenters. The van der Waals surface area contributed by atoms with Crippen molar-refractivity contribution in [2.75, 3.05) is 26.2 Å². The topological polar surface area (TPSA) is 84.4 Å². The van der Waals surface area contributed by atoms with Crippen LogP contribution in [0.1, 0.15) is 12.8 Å². The van der Waals surface area contributed by atoms with Crippen molar-refractivity contribution in [2.24, 2.45) is 11.5 Å². The standard InChI is InChI=1S/C8H18N4O/c9-3-1-4-11-7-2-5-12(6-7)8(10)13/h7,11H,1-6,9H2,(H2,10,13). The Morgan fingerprint density at radius 3 is 2.92 bits per heavy atom. The molecule has 0 aromatic rings. The molecule has 5 heteroatoms. The van der Waals surface area contributed by atoms with Crippen LogP contribution < -0.4 is 16.8 Å². The van der Waals surface area contributed by atoms with Crippen molar-refractivity contribution < 1.29 is 4.79 Å². The minimum atomic E-state index is -0.317. The number of nitrogens with one attached hydrogen (secondary N) is 1. The Kier molecular flexibility index (Phi) is 3.98. The lowest BCUT2D eigenvalue weighted by atomic mass is 10.2. The van der Waals surface area contributed by atoms with Gasteiger partial charge in [0, 0.05) is 19.1 Å². The molecule has 1 atom stereocenters. The molecular weight excluding hydrogens is 168 g/mol. The van der Waals surface area contributed by atoms with Crippen LogP contribution in [0.4, 0.5) is 4.79 Å². The zero-order chi connectivity index (χ0) is 9.68. The number of nitrogens with two attached hydrogens (primary N) is 2. The number of likely N-dealkylation sites (tertiary alicyclic amines) is 1. The number of carbonyl (C=O) groups is 1. The van der Waals surface area contributed by atoms with E-state index < -0.39 is 0 Å². The van der Waals surface area contributed by atoms with Gasteiger partial charge in [0.05, 0.1) is 0 Å². The average Bonchev–Trinajstić information content (AvgIpc) is 2.53. The van der Waals surface area contributed by atoms with E-state index in [1.54, 1.807) is 4.90 Å². The Bertz CT molecular complexity index is 174. The maximum Gasteiger partial charge on any atom is 0.314 e. The molecule has 76 valence electrons. The largest absolute Gasteiger partial charge is 0.351 e. The summed E-state index contributed by atoms with van der Waals surface area (Å²) in [5.41, 5.74) is 10.5. The van der Waals surface area contributed by atoms with Gasteiger partial charge in [-0.3, -0.25) is 0 Å². The number of primary amides is 1. The van der Waals surface area contributed by atoms with Gasteiger partial charge >= 0.3 is 6.03 Å². The number of nitrogens with zero attached hydrogens (tertiary/aromatic N) is 1. The number of urea groups is 1. The maximum absolute atomic E-state index is 10.8. The summed E-state index contributed by atoms with van der Waals surface area (Å²) in [6.45, 7) is 3.14. The van der Waals surface area contributed by atoms with E-state index >= 15 is 0 Å². The lowest BCUT2D eigenvalue weighted by Crippen LogP contribution is -2.38. The van der Waals surface area contributed by atoms with E-state index in [1.807, 2.05) is 0 Å². The molecule has 13 heavy (non-hydrogen) atoms. The molecule has 2 amide bonds. The summed E-state index contributed by atoms with van der Waals surface area (Å²) in [4.78, 5) is 12.4. The summed E-state index contributed by atoms with van der Waals surface area (Å²) in [5.74, 6) is 0. The van der Waals surface area contributed by atoms with Crippen molar-refractivity contribution in [1.29, 1.82) is 0 Å². The number of hydrogen-bond donors (Lipinski definition) is 3. The fourth-order valence-electron chi connectivity index (χ4n) is 1.54. The van der Waals surface area contributed by atoms with Crippen LogP contribution in [0.5, 0.6) is 0 Å². The SMILES string of the molecule is NCCCNC1CCN(C(N)=O)C1. The molecule has 0 radical (unpaired) electrons. The zero-order valence-electron chi connectivity index (χ0n) is 7.83. The highest BCUT2D eigenvalue weighted by molar-refractivity contribution is 5.72.